The quantitative estimate of drug-likeness (QED) is 0.783. The highest BCUT2D eigenvalue weighted by Crippen LogP contribution is 2.03. The first-order valence-corrected chi connectivity index (χ1v) is 5.40. The average molecular weight is 218 g/mol. The highest BCUT2D eigenvalue weighted by Gasteiger charge is 2.06. The van der Waals surface area contributed by atoms with Gasteiger partial charge in [-0.15, -0.1) is 5.10 Å². The molecule has 0 atom stereocenters. The molecule has 2 rings (SSSR count). The minimum absolute atomic E-state index is 0.370. The lowest BCUT2D eigenvalue weighted by atomic mass is 10.1. The molecule has 0 unspecified atom stereocenters. The van der Waals surface area contributed by atoms with Gasteiger partial charge in [0.15, 0.2) is 0 Å². The van der Waals surface area contributed by atoms with Gasteiger partial charge in [-0.2, -0.15) is 4.68 Å². The summed E-state index contributed by atoms with van der Waals surface area (Å²) in [6.45, 7) is 2.42. The molecule has 0 aliphatic heterocycles. The van der Waals surface area contributed by atoms with Crippen LogP contribution in [0.1, 0.15) is 18.4 Å². The molecular formula is C12H14N2O2. The van der Waals surface area contributed by atoms with Crippen LogP contribution in [0.4, 0.5) is 0 Å². The second-order valence-electron chi connectivity index (χ2n) is 3.56. The third-order valence-electron chi connectivity index (χ3n) is 2.42. The summed E-state index contributed by atoms with van der Waals surface area (Å²) in [5, 5.41) is 4.08. The standard InChI is InChI=1S/C12H14N2O2/c1-2-14-12(15)16-11(13-14)9-8-10-6-4-3-5-7-10/h3-7H,2,8-9H2,1H3. The molecule has 0 spiro atoms. The highest BCUT2D eigenvalue weighted by atomic mass is 16.4. The average Bonchev–Trinajstić information content (AvgIpc) is 2.69. The van der Waals surface area contributed by atoms with Crippen molar-refractivity contribution < 1.29 is 4.42 Å². The molecule has 1 heterocycles. The largest absolute Gasteiger partial charge is 0.437 e. The zero-order chi connectivity index (χ0) is 11.4. The molecule has 1 aromatic heterocycles. The summed E-state index contributed by atoms with van der Waals surface area (Å²) in [7, 11) is 0. The summed E-state index contributed by atoms with van der Waals surface area (Å²) in [6.07, 6.45) is 1.50. The lowest BCUT2D eigenvalue weighted by Crippen LogP contribution is -2.13. The lowest BCUT2D eigenvalue weighted by molar-refractivity contribution is 0.448. The molecule has 16 heavy (non-hydrogen) atoms. The molecule has 0 fully saturated rings. The van der Waals surface area contributed by atoms with Crippen LogP contribution in [0.5, 0.6) is 0 Å². The first kappa shape index (κ1) is 10.7. The Labute approximate surface area is 93.5 Å². The van der Waals surface area contributed by atoms with E-state index in [2.05, 4.69) is 17.2 Å². The van der Waals surface area contributed by atoms with E-state index in [1.165, 1.54) is 10.2 Å². The van der Waals surface area contributed by atoms with Crippen molar-refractivity contribution in [3.63, 3.8) is 0 Å². The topological polar surface area (TPSA) is 48.0 Å². The summed E-state index contributed by atoms with van der Waals surface area (Å²) in [5.74, 6) is 0.140. The van der Waals surface area contributed by atoms with Crippen LogP contribution >= 0.6 is 0 Å². The number of rotatable bonds is 4. The van der Waals surface area contributed by atoms with Crippen LogP contribution in [0.15, 0.2) is 39.5 Å². The molecule has 0 saturated carbocycles. The van der Waals surface area contributed by atoms with Gasteiger partial charge in [0, 0.05) is 13.0 Å². The Bertz CT molecular complexity index is 499. The van der Waals surface area contributed by atoms with Crippen LogP contribution in [0.2, 0.25) is 0 Å². The van der Waals surface area contributed by atoms with Crippen LogP contribution in [-0.4, -0.2) is 9.78 Å². The predicted molar refractivity (Wildman–Crippen MR) is 60.3 cm³/mol. The van der Waals surface area contributed by atoms with Crippen molar-refractivity contribution in [2.45, 2.75) is 26.3 Å². The van der Waals surface area contributed by atoms with Crippen molar-refractivity contribution in [2.24, 2.45) is 0 Å². The molecular weight excluding hydrogens is 204 g/mol. The summed E-state index contributed by atoms with van der Waals surface area (Å²) < 4.78 is 6.36. The van der Waals surface area contributed by atoms with Crippen molar-refractivity contribution in [2.75, 3.05) is 0 Å². The van der Waals surface area contributed by atoms with E-state index in [0.29, 0.717) is 18.9 Å². The smallest absolute Gasteiger partial charge is 0.392 e. The Morgan fingerprint density at radius 3 is 2.62 bits per heavy atom. The monoisotopic (exact) mass is 218 g/mol. The van der Waals surface area contributed by atoms with Gasteiger partial charge >= 0.3 is 5.76 Å². The van der Waals surface area contributed by atoms with Crippen molar-refractivity contribution in [1.82, 2.24) is 9.78 Å². The van der Waals surface area contributed by atoms with Crippen molar-refractivity contribution in [3.05, 3.63) is 52.3 Å². The first-order chi connectivity index (χ1) is 7.79. The number of hydrogen-bond donors (Lipinski definition) is 0. The van der Waals surface area contributed by atoms with Crippen LogP contribution in [0, 0.1) is 0 Å². The molecule has 0 saturated heterocycles. The summed E-state index contributed by atoms with van der Waals surface area (Å²) >= 11 is 0. The van der Waals surface area contributed by atoms with E-state index in [-0.39, 0.29) is 5.76 Å². The zero-order valence-electron chi connectivity index (χ0n) is 9.22. The summed E-state index contributed by atoms with van der Waals surface area (Å²) in [6, 6.07) is 10.1. The molecule has 0 amide bonds. The van der Waals surface area contributed by atoms with Gasteiger partial charge in [0.25, 0.3) is 0 Å². The van der Waals surface area contributed by atoms with Crippen molar-refractivity contribution >= 4 is 0 Å². The number of benzene rings is 1. The van der Waals surface area contributed by atoms with E-state index in [4.69, 9.17) is 4.42 Å². The lowest BCUT2D eigenvalue weighted by Gasteiger charge is -1.96. The normalized spacial score (nSPS) is 10.6. The van der Waals surface area contributed by atoms with Gasteiger partial charge in [-0.3, -0.25) is 0 Å². The van der Waals surface area contributed by atoms with E-state index in [1.807, 2.05) is 25.1 Å². The zero-order valence-corrected chi connectivity index (χ0v) is 9.22. The van der Waals surface area contributed by atoms with Crippen LogP contribution in [0.25, 0.3) is 0 Å². The first-order valence-electron chi connectivity index (χ1n) is 5.40. The van der Waals surface area contributed by atoms with Gasteiger partial charge in [-0.05, 0) is 18.9 Å². The second kappa shape index (κ2) is 4.79. The fraction of sp³-hybridized carbons (Fsp3) is 0.333. The van der Waals surface area contributed by atoms with E-state index < -0.39 is 0 Å². The molecule has 4 heteroatoms. The van der Waals surface area contributed by atoms with Gasteiger partial charge in [-0.25, -0.2) is 4.79 Å². The number of aromatic nitrogens is 2. The predicted octanol–water partition coefficient (Wildman–Crippen LogP) is 1.64. The molecule has 1 aromatic carbocycles. The molecule has 0 bridgehead atoms. The van der Waals surface area contributed by atoms with Crippen LogP contribution < -0.4 is 5.76 Å². The molecule has 0 aliphatic rings. The Balaban J connectivity index is 2.02. The Kier molecular flexibility index (Phi) is 3.19. The van der Waals surface area contributed by atoms with Crippen LogP contribution in [0.3, 0.4) is 0 Å². The maximum atomic E-state index is 11.2. The van der Waals surface area contributed by atoms with Gasteiger partial charge < -0.3 is 4.42 Å². The Morgan fingerprint density at radius 1 is 1.25 bits per heavy atom. The van der Waals surface area contributed by atoms with E-state index in [9.17, 15) is 4.79 Å². The van der Waals surface area contributed by atoms with Gasteiger partial charge in [0.05, 0.1) is 0 Å². The van der Waals surface area contributed by atoms with Gasteiger partial charge in [0.2, 0.25) is 5.89 Å². The molecule has 0 N–H and O–H groups in total. The number of nitrogens with zero attached hydrogens (tertiary/aromatic N) is 2. The molecule has 4 nitrogen and oxygen atoms in total. The molecule has 0 aliphatic carbocycles. The molecule has 2 aromatic rings. The highest BCUT2D eigenvalue weighted by molar-refractivity contribution is 5.15. The SMILES string of the molecule is CCn1nc(CCc2ccccc2)oc1=O. The summed E-state index contributed by atoms with van der Waals surface area (Å²) in [4.78, 5) is 11.2. The van der Waals surface area contributed by atoms with E-state index in [0.717, 1.165) is 6.42 Å². The summed E-state index contributed by atoms with van der Waals surface area (Å²) in [5.41, 5.74) is 1.22. The van der Waals surface area contributed by atoms with E-state index in [1.54, 1.807) is 0 Å². The minimum atomic E-state index is -0.370. The second-order valence-corrected chi connectivity index (χ2v) is 3.56. The number of aryl methyl sites for hydroxylation is 3. The van der Waals surface area contributed by atoms with E-state index >= 15 is 0 Å². The van der Waals surface area contributed by atoms with Gasteiger partial charge in [-0.1, -0.05) is 30.3 Å². The molecule has 0 radical (unpaired) electrons. The minimum Gasteiger partial charge on any atom is -0.392 e. The number of hydrogen-bond acceptors (Lipinski definition) is 3. The third-order valence-corrected chi connectivity index (χ3v) is 2.42. The molecule has 84 valence electrons. The fourth-order valence-corrected chi connectivity index (χ4v) is 1.55. The van der Waals surface area contributed by atoms with Crippen molar-refractivity contribution in [3.8, 4) is 0 Å². The van der Waals surface area contributed by atoms with Crippen LogP contribution in [-0.2, 0) is 19.4 Å². The maximum absolute atomic E-state index is 11.2. The van der Waals surface area contributed by atoms with Crippen molar-refractivity contribution in [1.29, 1.82) is 0 Å². The maximum Gasteiger partial charge on any atom is 0.437 e. The Morgan fingerprint density at radius 2 is 2.00 bits per heavy atom. The third kappa shape index (κ3) is 2.39. The Hall–Kier alpha value is -1.84. The van der Waals surface area contributed by atoms with Gasteiger partial charge in [0.1, 0.15) is 0 Å². The fourth-order valence-electron chi connectivity index (χ4n) is 1.55.